The Morgan fingerprint density at radius 3 is 2.72 bits per heavy atom. The van der Waals surface area contributed by atoms with E-state index in [1.165, 1.54) is 6.20 Å². The molecule has 94 valence electrons. The summed E-state index contributed by atoms with van der Waals surface area (Å²) in [4.78, 5) is 9.86. The normalized spacial score (nSPS) is 10.6. The second kappa shape index (κ2) is 4.65. The average Bonchev–Trinajstić information content (AvgIpc) is 2.76. The van der Waals surface area contributed by atoms with Gasteiger partial charge < -0.3 is 0 Å². The van der Waals surface area contributed by atoms with E-state index in [2.05, 4.69) is 10.3 Å². The predicted octanol–water partition coefficient (Wildman–Crippen LogP) is 2.19. The first-order valence-electron chi connectivity index (χ1n) is 4.64. The van der Waals surface area contributed by atoms with Crippen molar-refractivity contribution in [3.8, 4) is 5.69 Å². The van der Waals surface area contributed by atoms with Crippen LogP contribution in [0.2, 0.25) is 0 Å². The summed E-state index contributed by atoms with van der Waals surface area (Å²) in [5.41, 5.74) is -0.904. The minimum atomic E-state index is -1.10. The summed E-state index contributed by atoms with van der Waals surface area (Å²) in [6.45, 7) is 0. The molecule has 2 rings (SSSR count). The van der Waals surface area contributed by atoms with Gasteiger partial charge in [0.05, 0.1) is 28.8 Å². The summed E-state index contributed by atoms with van der Waals surface area (Å²) in [5, 5.41) is 17.8. The Labute approximate surface area is 104 Å². The number of rotatable bonds is 3. The first-order valence-corrected chi connectivity index (χ1v) is 5.17. The molecule has 0 aliphatic heterocycles. The van der Waals surface area contributed by atoms with Crippen LogP contribution in [0.15, 0.2) is 18.3 Å². The molecule has 9 heteroatoms. The van der Waals surface area contributed by atoms with Crippen LogP contribution in [-0.4, -0.2) is 19.9 Å². The molecule has 2 aromatic rings. The molecule has 0 N–H and O–H groups in total. The number of benzene rings is 1. The standard InChI is InChI=1S/C9H5ClF2N4O2/c10-3-6-4-15(14-13-6)9-7(12)1-5(11)2-8(9)16(17)18/h1-2,4H,3H2. The van der Waals surface area contributed by atoms with E-state index in [0.29, 0.717) is 17.8 Å². The maximum atomic E-state index is 13.6. The highest BCUT2D eigenvalue weighted by atomic mass is 35.5. The molecule has 0 unspecified atom stereocenters. The largest absolute Gasteiger partial charge is 0.300 e. The van der Waals surface area contributed by atoms with Crippen molar-refractivity contribution in [3.05, 3.63) is 45.8 Å². The molecule has 6 nitrogen and oxygen atoms in total. The van der Waals surface area contributed by atoms with E-state index in [1.807, 2.05) is 0 Å². The molecule has 0 aliphatic rings. The first kappa shape index (κ1) is 12.4. The Morgan fingerprint density at radius 1 is 1.44 bits per heavy atom. The van der Waals surface area contributed by atoms with Crippen LogP contribution in [0, 0.1) is 21.7 Å². The molecule has 0 atom stereocenters. The second-order valence-corrected chi connectivity index (χ2v) is 3.57. The van der Waals surface area contributed by atoms with Crippen molar-refractivity contribution >= 4 is 17.3 Å². The summed E-state index contributed by atoms with van der Waals surface area (Å²) in [7, 11) is 0. The van der Waals surface area contributed by atoms with E-state index in [4.69, 9.17) is 11.6 Å². The van der Waals surface area contributed by atoms with Crippen LogP contribution in [0.25, 0.3) is 5.69 Å². The third-order valence-corrected chi connectivity index (χ3v) is 2.39. The van der Waals surface area contributed by atoms with Gasteiger partial charge >= 0.3 is 5.69 Å². The summed E-state index contributed by atoms with van der Waals surface area (Å²) < 4.78 is 27.4. The third-order valence-electron chi connectivity index (χ3n) is 2.11. The van der Waals surface area contributed by atoms with E-state index in [9.17, 15) is 18.9 Å². The zero-order chi connectivity index (χ0) is 13.3. The molecule has 1 aromatic carbocycles. The van der Waals surface area contributed by atoms with Gasteiger partial charge in [-0.05, 0) is 0 Å². The van der Waals surface area contributed by atoms with Crippen molar-refractivity contribution < 1.29 is 13.7 Å². The molecule has 0 amide bonds. The summed E-state index contributed by atoms with van der Waals surface area (Å²) in [6.07, 6.45) is 1.23. The van der Waals surface area contributed by atoms with Crippen molar-refractivity contribution in [2.75, 3.05) is 0 Å². The summed E-state index contributed by atoms with van der Waals surface area (Å²) in [5.74, 6) is -2.12. The smallest absolute Gasteiger partial charge is 0.258 e. The van der Waals surface area contributed by atoms with Gasteiger partial charge in [-0.25, -0.2) is 13.5 Å². The lowest BCUT2D eigenvalue weighted by Crippen LogP contribution is -2.05. The van der Waals surface area contributed by atoms with Gasteiger partial charge in [0.1, 0.15) is 5.82 Å². The zero-order valence-corrected chi connectivity index (χ0v) is 9.43. The second-order valence-electron chi connectivity index (χ2n) is 3.30. The fourth-order valence-electron chi connectivity index (χ4n) is 1.39. The minimum absolute atomic E-state index is 0.0244. The molecule has 0 radical (unpaired) electrons. The van der Waals surface area contributed by atoms with Gasteiger partial charge in [0.2, 0.25) is 0 Å². The van der Waals surface area contributed by atoms with Gasteiger partial charge in [0.25, 0.3) is 0 Å². The quantitative estimate of drug-likeness (QED) is 0.488. The van der Waals surface area contributed by atoms with Crippen molar-refractivity contribution in [1.29, 1.82) is 0 Å². The molecule has 1 aromatic heterocycles. The molecule has 0 spiro atoms. The van der Waals surface area contributed by atoms with Crippen LogP contribution in [0.4, 0.5) is 14.5 Å². The summed E-state index contributed by atoms with van der Waals surface area (Å²) >= 11 is 5.49. The zero-order valence-electron chi connectivity index (χ0n) is 8.68. The SMILES string of the molecule is O=[N+]([O-])c1cc(F)cc(F)c1-n1cc(CCl)nn1. The molecule has 18 heavy (non-hydrogen) atoms. The highest BCUT2D eigenvalue weighted by Gasteiger charge is 2.23. The molecule has 0 saturated heterocycles. The van der Waals surface area contributed by atoms with Crippen LogP contribution < -0.4 is 0 Å². The van der Waals surface area contributed by atoms with Crippen LogP contribution in [0.1, 0.15) is 5.69 Å². The number of hydrogen-bond acceptors (Lipinski definition) is 4. The number of nitro groups is 1. The van der Waals surface area contributed by atoms with E-state index in [-0.39, 0.29) is 5.88 Å². The van der Waals surface area contributed by atoms with Crippen LogP contribution >= 0.6 is 11.6 Å². The van der Waals surface area contributed by atoms with Gasteiger partial charge in [0.15, 0.2) is 11.5 Å². The lowest BCUT2D eigenvalue weighted by Gasteiger charge is -2.03. The van der Waals surface area contributed by atoms with Crippen molar-refractivity contribution in [2.45, 2.75) is 5.88 Å². The number of aromatic nitrogens is 3. The Bertz CT molecular complexity index is 617. The maximum Gasteiger partial charge on any atom is 0.300 e. The lowest BCUT2D eigenvalue weighted by atomic mass is 10.2. The lowest BCUT2D eigenvalue weighted by molar-refractivity contribution is -0.385. The molecule has 0 fully saturated rings. The monoisotopic (exact) mass is 274 g/mol. The minimum Gasteiger partial charge on any atom is -0.258 e. The Balaban J connectivity index is 2.65. The van der Waals surface area contributed by atoms with Gasteiger partial charge in [-0.1, -0.05) is 5.21 Å². The van der Waals surface area contributed by atoms with Gasteiger partial charge in [-0.2, -0.15) is 0 Å². The number of nitrogens with zero attached hydrogens (tertiary/aromatic N) is 4. The Kier molecular flexibility index (Phi) is 3.19. The Morgan fingerprint density at radius 2 is 2.17 bits per heavy atom. The fourth-order valence-corrected chi connectivity index (χ4v) is 1.51. The molecule has 0 bridgehead atoms. The maximum absolute atomic E-state index is 13.6. The molecule has 0 aliphatic carbocycles. The highest BCUT2D eigenvalue weighted by molar-refractivity contribution is 6.16. The average molecular weight is 275 g/mol. The topological polar surface area (TPSA) is 73.8 Å². The van der Waals surface area contributed by atoms with Gasteiger partial charge in [0, 0.05) is 6.07 Å². The Hall–Kier alpha value is -2.09. The van der Waals surface area contributed by atoms with Crippen molar-refractivity contribution in [2.24, 2.45) is 0 Å². The fraction of sp³-hybridized carbons (Fsp3) is 0.111. The van der Waals surface area contributed by atoms with Gasteiger partial charge in [-0.15, -0.1) is 16.7 Å². The van der Waals surface area contributed by atoms with E-state index >= 15 is 0 Å². The number of halogens is 3. The van der Waals surface area contributed by atoms with E-state index in [1.54, 1.807) is 0 Å². The number of nitro benzene ring substituents is 1. The molecular formula is C9H5ClF2N4O2. The summed E-state index contributed by atoms with van der Waals surface area (Å²) in [6, 6.07) is 1.14. The van der Waals surface area contributed by atoms with Crippen molar-refractivity contribution in [3.63, 3.8) is 0 Å². The van der Waals surface area contributed by atoms with E-state index in [0.717, 1.165) is 4.68 Å². The third kappa shape index (κ3) is 2.14. The molecule has 0 saturated carbocycles. The van der Waals surface area contributed by atoms with Crippen LogP contribution in [0.3, 0.4) is 0 Å². The van der Waals surface area contributed by atoms with Gasteiger partial charge in [-0.3, -0.25) is 10.1 Å². The van der Waals surface area contributed by atoms with Crippen molar-refractivity contribution in [1.82, 2.24) is 15.0 Å². The number of alkyl halides is 1. The molecular weight excluding hydrogens is 270 g/mol. The van der Waals surface area contributed by atoms with Crippen LogP contribution in [-0.2, 0) is 5.88 Å². The first-order chi connectivity index (χ1) is 8.52. The highest BCUT2D eigenvalue weighted by Crippen LogP contribution is 2.26. The predicted molar refractivity (Wildman–Crippen MR) is 57.5 cm³/mol. The number of hydrogen-bond donors (Lipinski definition) is 0. The van der Waals surface area contributed by atoms with E-state index < -0.39 is 27.9 Å². The molecule has 1 heterocycles. The van der Waals surface area contributed by atoms with Crippen LogP contribution in [0.5, 0.6) is 0 Å².